The lowest BCUT2D eigenvalue weighted by Gasteiger charge is -2.22. The molecule has 1 fully saturated rings. The van der Waals surface area contributed by atoms with Gasteiger partial charge in [-0.15, -0.1) is 0 Å². The summed E-state index contributed by atoms with van der Waals surface area (Å²) in [6.07, 6.45) is 8.73. The largest absolute Gasteiger partial charge is 0.516 e. The van der Waals surface area contributed by atoms with E-state index in [-0.39, 0.29) is 12.1 Å². The molecule has 1 aliphatic carbocycles. The van der Waals surface area contributed by atoms with Crippen molar-refractivity contribution >= 4 is 0 Å². The number of allylic oxidation sites excluding steroid dienone is 3. The topological polar surface area (TPSA) is 29.5 Å². The summed E-state index contributed by atoms with van der Waals surface area (Å²) < 4.78 is 30.4. The molecule has 0 amide bonds. The Hall–Kier alpha value is -1.32. The highest BCUT2D eigenvalue weighted by Gasteiger charge is 2.15. The number of rotatable bonds is 5. The zero-order valence-corrected chi connectivity index (χ0v) is 9.74. The minimum Gasteiger partial charge on any atom is -0.516 e. The lowest BCUT2D eigenvalue weighted by atomic mass is 9.90. The van der Waals surface area contributed by atoms with Crippen LogP contribution in [-0.2, 0) is 4.74 Å². The van der Waals surface area contributed by atoms with Gasteiger partial charge in [-0.05, 0) is 30.9 Å². The van der Waals surface area contributed by atoms with Crippen molar-refractivity contribution < 1.29 is 18.6 Å². The predicted molar refractivity (Wildman–Crippen MR) is 62.7 cm³/mol. The van der Waals surface area contributed by atoms with Crippen LogP contribution in [0.2, 0.25) is 0 Å². The molecule has 0 saturated heterocycles. The first-order valence-electron chi connectivity index (χ1n) is 5.88. The molecule has 1 saturated carbocycles. The fraction of sp³-hybridized carbons (Fsp3) is 0.538. The molecule has 0 spiro atoms. The van der Waals surface area contributed by atoms with Crippen LogP contribution in [0.4, 0.5) is 8.78 Å². The Morgan fingerprint density at radius 2 is 2.00 bits per heavy atom. The van der Waals surface area contributed by atoms with Gasteiger partial charge in [0, 0.05) is 0 Å². The molecule has 17 heavy (non-hydrogen) atoms. The molecule has 0 aliphatic heterocycles. The fourth-order valence-electron chi connectivity index (χ4n) is 1.94. The molecular weight excluding hydrogens is 226 g/mol. The second-order valence-electron chi connectivity index (χ2n) is 4.14. The minimum absolute atomic E-state index is 0.141. The van der Waals surface area contributed by atoms with Gasteiger partial charge >= 0.3 is 0 Å². The third-order valence-electron chi connectivity index (χ3n) is 2.86. The summed E-state index contributed by atoms with van der Waals surface area (Å²) in [5, 5.41) is 8.47. The van der Waals surface area contributed by atoms with Crippen LogP contribution in [0, 0.1) is 5.92 Å². The van der Waals surface area contributed by atoms with Crippen LogP contribution in [0.3, 0.4) is 0 Å². The highest BCUT2D eigenvalue weighted by Crippen LogP contribution is 2.25. The molecule has 1 rings (SSSR count). The van der Waals surface area contributed by atoms with Crippen molar-refractivity contribution in [2.45, 2.75) is 32.1 Å². The molecule has 0 bridgehead atoms. The molecule has 1 N–H and O–H groups in total. The van der Waals surface area contributed by atoms with Crippen LogP contribution < -0.4 is 0 Å². The van der Waals surface area contributed by atoms with E-state index in [4.69, 9.17) is 9.84 Å². The standard InChI is InChI=1S/C13H18F2O2/c14-9-12(15)13(7-4-8-16)17-10-11-5-2-1-3-6-11/h4,7-9,11,16H,1-3,5-6,10H2/b8-4+,12-9-,13-7+. The molecule has 96 valence electrons. The molecule has 1 aliphatic rings. The number of hydrogen-bond acceptors (Lipinski definition) is 2. The molecule has 0 aromatic heterocycles. The Morgan fingerprint density at radius 1 is 1.29 bits per heavy atom. The van der Waals surface area contributed by atoms with Crippen molar-refractivity contribution in [3.63, 3.8) is 0 Å². The fourth-order valence-corrected chi connectivity index (χ4v) is 1.94. The van der Waals surface area contributed by atoms with E-state index in [9.17, 15) is 8.78 Å². The highest BCUT2D eigenvalue weighted by atomic mass is 19.2. The number of hydrogen-bond donors (Lipinski definition) is 1. The van der Waals surface area contributed by atoms with Crippen molar-refractivity contribution in [1.29, 1.82) is 0 Å². The molecular formula is C13H18F2O2. The smallest absolute Gasteiger partial charge is 0.193 e. The van der Waals surface area contributed by atoms with E-state index in [0.717, 1.165) is 19.1 Å². The van der Waals surface area contributed by atoms with Crippen molar-refractivity contribution in [2.24, 2.45) is 5.92 Å². The van der Waals surface area contributed by atoms with Gasteiger partial charge in [0.1, 0.15) is 6.33 Å². The molecule has 0 heterocycles. The summed E-state index contributed by atoms with van der Waals surface area (Å²) >= 11 is 0. The van der Waals surface area contributed by atoms with Crippen LogP contribution in [0.15, 0.2) is 36.3 Å². The lowest BCUT2D eigenvalue weighted by molar-refractivity contribution is 0.140. The normalized spacial score (nSPS) is 19.9. The number of halogens is 2. The van der Waals surface area contributed by atoms with E-state index in [0.29, 0.717) is 12.5 Å². The first-order chi connectivity index (χ1) is 8.27. The van der Waals surface area contributed by atoms with Gasteiger partial charge in [-0.2, -0.15) is 0 Å². The summed E-state index contributed by atoms with van der Waals surface area (Å²) in [4.78, 5) is 0. The van der Waals surface area contributed by atoms with Gasteiger partial charge in [0.05, 0.1) is 12.9 Å². The Morgan fingerprint density at radius 3 is 2.59 bits per heavy atom. The number of aliphatic hydroxyl groups is 1. The quantitative estimate of drug-likeness (QED) is 0.576. The second-order valence-corrected chi connectivity index (χ2v) is 4.14. The van der Waals surface area contributed by atoms with E-state index >= 15 is 0 Å². The third kappa shape index (κ3) is 5.02. The maximum absolute atomic E-state index is 13.1. The van der Waals surface area contributed by atoms with E-state index in [1.54, 1.807) is 0 Å². The highest BCUT2D eigenvalue weighted by molar-refractivity contribution is 5.22. The Balaban J connectivity index is 2.48. The molecule has 0 radical (unpaired) electrons. The zero-order chi connectivity index (χ0) is 12.5. The average Bonchev–Trinajstić information content (AvgIpc) is 2.39. The predicted octanol–water partition coefficient (Wildman–Crippen LogP) is 4.32. The van der Waals surface area contributed by atoms with Gasteiger partial charge in [0.25, 0.3) is 0 Å². The summed E-state index contributed by atoms with van der Waals surface area (Å²) in [5.74, 6) is -0.819. The van der Waals surface area contributed by atoms with Crippen molar-refractivity contribution in [2.75, 3.05) is 6.61 Å². The van der Waals surface area contributed by atoms with Crippen LogP contribution >= 0.6 is 0 Å². The minimum atomic E-state index is -1.06. The van der Waals surface area contributed by atoms with E-state index in [2.05, 4.69) is 0 Å². The van der Waals surface area contributed by atoms with Crippen LogP contribution in [0.25, 0.3) is 0 Å². The van der Waals surface area contributed by atoms with Gasteiger partial charge < -0.3 is 9.84 Å². The zero-order valence-electron chi connectivity index (χ0n) is 9.74. The number of aliphatic hydroxyl groups excluding tert-OH is 1. The van der Waals surface area contributed by atoms with E-state index in [1.165, 1.54) is 31.4 Å². The van der Waals surface area contributed by atoms with Gasteiger partial charge in [0.2, 0.25) is 0 Å². The van der Waals surface area contributed by atoms with Crippen molar-refractivity contribution in [3.8, 4) is 0 Å². The lowest BCUT2D eigenvalue weighted by Crippen LogP contribution is -2.13. The maximum atomic E-state index is 13.1. The van der Waals surface area contributed by atoms with Crippen LogP contribution in [-0.4, -0.2) is 11.7 Å². The monoisotopic (exact) mass is 244 g/mol. The summed E-state index contributed by atoms with van der Waals surface area (Å²) in [7, 11) is 0. The SMILES string of the molecule is O/C=C/C=C(OCC1CCCCC1)\C(F)=C\F. The van der Waals surface area contributed by atoms with Crippen molar-refractivity contribution in [1.82, 2.24) is 0 Å². The van der Waals surface area contributed by atoms with E-state index < -0.39 is 5.83 Å². The summed E-state index contributed by atoms with van der Waals surface area (Å²) in [6, 6.07) is 0. The number of ether oxygens (including phenoxy) is 1. The molecule has 0 aromatic rings. The molecule has 0 unspecified atom stereocenters. The molecule has 0 aromatic carbocycles. The first-order valence-corrected chi connectivity index (χ1v) is 5.88. The Kier molecular flexibility index (Phi) is 6.37. The molecule has 0 atom stereocenters. The second kappa shape index (κ2) is 7.87. The molecule has 4 heteroatoms. The first kappa shape index (κ1) is 13.7. The summed E-state index contributed by atoms with van der Waals surface area (Å²) in [5.41, 5.74) is 0. The Labute approximate surface area is 100 Å². The van der Waals surface area contributed by atoms with Crippen LogP contribution in [0.1, 0.15) is 32.1 Å². The van der Waals surface area contributed by atoms with E-state index in [1.807, 2.05) is 0 Å². The van der Waals surface area contributed by atoms with Gasteiger partial charge in [-0.1, -0.05) is 19.3 Å². The Bertz CT molecular complexity index is 303. The van der Waals surface area contributed by atoms with Crippen LogP contribution in [0.5, 0.6) is 0 Å². The third-order valence-corrected chi connectivity index (χ3v) is 2.86. The maximum Gasteiger partial charge on any atom is 0.193 e. The average molecular weight is 244 g/mol. The van der Waals surface area contributed by atoms with Gasteiger partial charge in [0.15, 0.2) is 11.6 Å². The van der Waals surface area contributed by atoms with Gasteiger partial charge in [-0.25, -0.2) is 8.78 Å². The molecule has 2 nitrogen and oxygen atoms in total. The van der Waals surface area contributed by atoms with Gasteiger partial charge in [-0.3, -0.25) is 0 Å². The van der Waals surface area contributed by atoms with Crippen molar-refractivity contribution in [3.05, 3.63) is 36.3 Å². The summed E-state index contributed by atoms with van der Waals surface area (Å²) in [6.45, 7) is 0.395.